The summed E-state index contributed by atoms with van der Waals surface area (Å²) >= 11 is 0. The third-order valence-electron chi connectivity index (χ3n) is 11.7. The minimum Gasteiger partial charge on any atom is -0.457 e. The summed E-state index contributed by atoms with van der Waals surface area (Å²) in [5.41, 5.74) is 0. The molecule has 2 aliphatic heterocycles. The SMILES string of the molecule is CC/C=C\C/C=C\C/C=C\C/C=C\C/C=C\CCCC(=O)OC(COCCCCCCCC/C=C\CCCCCCCC)COC1OC(COC2OC(CO)C(O)C(O)C2O)C(O)C(O)C1O. The number of carbonyl (C=O) groups excluding carboxylic acids is 1. The summed E-state index contributed by atoms with van der Waals surface area (Å²) in [6.45, 7) is 3.46. The predicted molar refractivity (Wildman–Crippen MR) is 261 cm³/mol. The van der Waals surface area contributed by atoms with Crippen molar-refractivity contribution < 1.29 is 69.0 Å². The first-order chi connectivity index (χ1) is 32.6. The van der Waals surface area contributed by atoms with E-state index in [9.17, 15) is 40.5 Å². The normalized spacial score (nSPS) is 26.7. The van der Waals surface area contributed by atoms with Gasteiger partial charge < -0.3 is 64.2 Å². The molecule has 0 amide bonds. The zero-order chi connectivity index (χ0) is 48.7. The Morgan fingerprint density at radius 2 is 0.970 bits per heavy atom. The molecule has 2 rings (SSSR count). The lowest BCUT2D eigenvalue weighted by molar-refractivity contribution is -0.332. The van der Waals surface area contributed by atoms with E-state index in [0.717, 1.165) is 64.2 Å². The zero-order valence-electron chi connectivity index (χ0n) is 40.9. The van der Waals surface area contributed by atoms with Gasteiger partial charge in [-0.05, 0) is 77.0 Å². The average Bonchev–Trinajstić information content (AvgIpc) is 3.32. The lowest BCUT2D eigenvalue weighted by atomic mass is 9.98. The number of hydrogen-bond acceptors (Lipinski definition) is 14. The zero-order valence-corrected chi connectivity index (χ0v) is 40.9. The second-order valence-corrected chi connectivity index (χ2v) is 17.6. The maximum absolute atomic E-state index is 13.0. The number of rotatable bonds is 39. The molecule has 2 saturated heterocycles. The van der Waals surface area contributed by atoms with Crippen molar-refractivity contribution in [3.63, 3.8) is 0 Å². The van der Waals surface area contributed by atoms with Gasteiger partial charge >= 0.3 is 5.97 Å². The predicted octanol–water partition coefficient (Wildman–Crippen LogP) is 7.51. The molecule has 0 spiro atoms. The molecule has 14 heteroatoms. The molecule has 2 heterocycles. The molecule has 0 bridgehead atoms. The Morgan fingerprint density at radius 1 is 0.507 bits per heavy atom. The van der Waals surface area contributed by atoms with Crippen LogP contribution in [0.3, 0.4) is 0 Å². The molecule has 67 heavy (non-hydrogen) atoms. The van der Waals surface area contributed by atoms with Crippen LogP contribution < -0.4 is 0 Å². The number of ether oxygens (including phenoxy) is 6. The topological polar surface area (TPSA) is 214 Å². The number of carbonyl (C=O) groups is 1. The van der Waals surface area contributed by atoms with Gasteiger partial charge in [-0.2, -0.15) is 0 Å². The number of aliphatic hydroxyl groups excluding tert-OH is 7. The molecule has 0 aromatic rings. The molecule has 0 radical (unpaired) electrons. The summed E-state index contributed by atoms with van der Waals surface area (Å²) in [6.07, 6.45) is 32.5. The van der Waals surface area contributed by atoms with Crippen molar-refractivity contribution >= 4 is 5.97 Å². The van der Waals surface area contributed by atoms with Gasteiger partial charge in [0.1, 0.15) is 54.9 Å². The fraction of sp³-hybridized carbons (Fsp3) is 0.755. The van der Waals surface area contributed by atoms with Crippen molar-refractivity contribution in [3.05, 3.63) is 72.9 Å². The highest BCUT2D eigenvalue weighted by Crippen LogP contribution is 2.26. The molecule has 0 aromatic carbocycles. The number of hydrogen-bond donors (Lipinski definition) is 7. The monoisotopic (exact) mass is 951 g/mol. The molecule has 0 aliphatic carbocycles. The Hall–Kier alpha value is -2.57. The Morgan fingerprint density at radius 3 is 1.54 bits per heavy atom. The first-order valence-corrected chi connectivity index (χ1v) is 25.5. The largest absolute Gasteiger partial charge is 0.457 e. The van der Waals surface area contributed by atoms with Crippen molar-refractivity contribution in [2.45, 2.75) is 223 Å². The van der Waals surface area contributed by atoms with Gasteiger partial charge in [-0.3, -0.25) is 4.79 Å². The summed E-state index contributed by atoms with van der Waals surface area (Å²) < 4.78 is 34.2. The van der Waals surface area contributed by atoms with Crippen molar-refractivity contribution in [2.75, 3.05) is 33.0 Å². The van der Waals surface area contributed by atoms with Gasteiger partial charge in [-0.15, -0.1) is 0 Å². The second-order valence-electron chi connectivity index (χ2n) is 17.6. The Bertz CT molecular complexity index is 1380. The van der Waals surface area contributed by atoms with E-state index < -0.39 is 86.7 Å². The Kier molecular flexibility index (Phi) is 36.3. The molecule has 14 nitrogen and oxygen atoms in total. The second kappa shape index (κ2) is 40.2. The van der Waals surface area contributed by atoms with Crippen molar-refractivity contribution in [1.29, 1.82) is 0 Å². The molecular formula is C53H90O14. The fourth-order valence-corrected chi connectivity index (χ4v) is 7.55. The van der Waals surface area contributed by atoms with Crippen LogP contribution in [-0.4, -0.2) is 142 Å². The number of esters is 1. The third-order valence-corrected chi connectivity index (χ3v) is 11.7. The molecular weight excluding hydrogens is 861 g/mol. The molecule has 11 unspecified atom stereocenters. The third kappa shape index (κ3) is 28.0. The van der Waals surface area contributed by atoms with Gasteiger partial charge in [0.05, 0.1) is 26.4 Å². The first-order valence-electron chi connectivity index (χ1n) is 25.5. The summed E-state index contributed by atoms with van der Waals surface area (Å²) in [7, 11) is 0. The average molecular weight is 951 g/mol. The van der Waals surface area contributed by atoms with Crippen LogP contribution in [0.4, 0.5) is 0 Å². The lowest BCUT2D eigenvalue weighted by Gasteiger charge is -2.42. The van der Waals surface area contributed by atoms with E-state index >= 15 is 0 Å². The smallest absolute Gasteiger partial charge is 0.306 e. The van der Waals surface area contributed by atoms with E-state index in [2.05, 4.69) is 80.7 Å². The van der Waals surface area contributed by atoms with Crippen LogP contribution in [0.2, 0.25) is 0 Å². The van der Waals surface area contributed by atoms with Crippen molar-refractivity contribution in [2.24, 2.45) is 0 Å². The van der Waals surface area contributed by atoms with E-state index in [0.29, 0.717) is 19.4 Å². The van der Waals surface area contributed by atoms with Crippen LogP contribution in [0.25, 0.3) is 0 Å². The first kappa shape index (κ1) is 60.6. The van der Waals surface area contributed by atoms with Crippen LogP contribution in [0.1, 0.15) is 155 Å². The summed E-state index contributed by atoms with van der Waals surface area (Å²) in [4.78, 5) is 13.0. The summed E-state index contributed by atoms with van der Waals surface area (Å²) in [5, 5.41) is 72.1. The quantitative estimate of drug-likeness (QED) is 0.0181. The number of aliphatic hydroxyl groups is 7. The minimum absolute atomic E-state index is 0.0310. The molecule has 2 aliphatic rings. The van der Waals surface area contributed by atoms with Gasteiger partial charge in [0.2, 0.25) is 0 Å². The highest BCUT2D eigenvalue weighted by atomic mass is 16.7. The highest BCUT2D eigenvalue weighted by Gasteiger charge is 2.47. The Labute approximate surface area is 402 Å². The van der Waals surface area contributed by atoms with Gasteiger partial charge in [0.15, 0.2) is 12.6 Å². The maximum Gasteiger partial charge on any atom is 0.306 e. The molecule has 0 aromatic heterocycles. The minimum atomic E-state index is -1.72. The van der Waals surface area contributed by atoms with Crippen LogP contribution >= 0.6 is 0 Å². The van der Waals surface area contributed by atoms with Crippen LogP contribution in [0, 0.1) is 0 Å². The van der Waals surface area contributed by atoms with Gasteiger partial charge in [-0.1, -0.05) is 145 Å². The summed E-state index contributed by atoms with van der Waals surface area (Å²) in [6, 6.07) is 0. The Balaban J connectivity index is 1.81. The molecule has 11 atom stereocenters. The fourth-order valence-electron chi connectivity index (χ4n) is 7.55. The van der Waals surface area contributed by atoms with Crippen LogP contribution in [0.15, 0.2) is 72.9 Å². The van der Waals surface area contributed by atoms with E-state index in [1.165, 1.54) is 57.8 Å². The number of allylic oxidation sites excluding steroid dienone is 12. The standard InChI is InChI=1S/C53H90O14/c1-3-5-7-9-11-13-15-17-19-21-22-24-26-28-30-32-34-36-45(55)65-42(39-62-37-35-33-31-29-27-25-23-20-18-16-14-12-10-8-6-4-2)40-63-52-51(61)49(59)47(57)44(67-52)41-64-53-50(60)48(58)46(56)43(38-54)66-53/h5,7,11,13,17-20,22,24,28,30,42-44,46-54,56-61H,3-4,6,8-10,12,14-16,21,23,25-27,29,31-41H2,1-2H3/b7-5-,13-11-,19-17-,20-18-,24-22-,30-28-. The van der Waals surface area contributed by atoms with Gasteiger partial charge in [0.25, 0.3) is 0 Å². The van der Waals surface area contributed by atoms with E-state index in [-0.39, 0.29) is 19.6 Å². The molecule has 2 fully saturated rings. The molecule has 0 saturated carbocycles. The van der Waals surface area contributed by atoms with Crippen molar-refractivity contribution in [3.8, 4) is 0 Å². The van der Waals surface area contributed by atoms with Gasteiger partial charge in [-0.25, -0.2) is 0 Å². The van der Waals surface area contributed by atoms with Crippen LogP contribution in [0.5, 0.6) is 0 Å². The number of unbranched alkanes of at least 4 members (excludes halogenated alkanes) is 13. The van der Waals surface area contributed by atoms with Gasteiger partial charge in [0, 0.05) is 13.0 Å². The lowest BCUT2D eigenvalue weighted by Crippen LogP contribution is -2.61. The molecule has 386 valence electrons. The van der Waals surface area contributed by atoms with E-state index in [4.69, 9.17) is 28.4 Å². The molecule has 7 N–H and O–H groups in total. The van der Waals surface area contributed by atoms with E-state index in [1.807, 2.05) is 6.08 Å². The summed E-state index contributed by atoms with van der Waals surface area (Å²) in [5.74, 6) is -0.437. The highest BCUT2D eigenvalue weighted by molar-refractivity contribution is 5.69. The maximum atomic E-state index is 13.0. The van der Waals surface area contributed by atoms with E-state index in [1.54, 1.807) is 0 Å². The van der Waals surface area contributed by atoms with Crippen molar-refractivity contribution in [1.82, 2.24) is 0 Å². The van der Waals surface area contributed by atoms with Crippen LogP contribution in [-0.2, 0) is 33.2 Å².